The van der Waals surface area contributed by atoms with Crippen LogP contribution in [-0.4, -0.2) is 78.5 Å². The number of fused-ring (bicyclic) bond motifs is 3. The number of amides is 1. The second kappa shape index (κ2) is 15.1. The van der Waals surface area contributed by atoms with Crippen LogP contribution >= 0.6 is 0 Å². The quantitative estimate of drug-likeness (QED) is 0.0735. The van der Waals surface area contributed by atoms with E-state index in [1.807, 2.05) is 37.8 Å². The summed E-state index contributed by atoms with van der Waals surface area (Å²) in [5, 5.41) is 0.750. The molecule has 16 heteroatoms. The van der Waals surface area contributed by atoms with Crippen LogP contribution in [0.4, 0.5) is 26.3 Å². The Morgan fingerprint density at radius 3 is 1.87 bits per heavy atom. The van der Waals surface area contributed by atoms with Gasteiger partial charge in [-0.1, -0.05) is 50.0 Å². The van der Waals surface area contributed by atoms with Gasteiger partial charge in [-0.25, -0.2) is 14.8 Å². The number of methoxy groups -OCH3 is 1. The van der Waals surface area contributed by atoms with Gasteiger partial charge >= 0.3 is 18.3 Å². The SMILES string of the molecule is COC(=O)C1Cc2c([nH]c3ccc(-c4ccc(OCC(F)(F)F)nc4)cc23)C(c2ccc(-c3ccc(OCC(F)(F)F)nc3)cc2)N1C(=O)C#C[Si](C)(C)C. The Bertz CT molecular complexity index is 2260. The van der Waals surface area contributed by atoms with E-state index in [1.165, 1.54) is 36.5 Å². The van der Waals surface area contributed by atoms with Crippen LogP contribution in [0, 0.1) is 11.5 Å². The molecule has 0 saturated carbocycles. The largest absolute Gasteiger partial charge is 0.468 e. The van der Waals surface area contributed by atoms with Crippen molar-refractivity contribution in [3.05, 3.63) is 95.9 Å². The molecule has 4 heterocycles. The van der Waals surface area contributed by atoms with Gasteiger partial charge in [0, 0.05) is 58.7 Å². The Morgan fingerprint density at radius 1 is 0.818 bits per heavy atom. The maximum atomic E-state index is 14.1. The number of nitrogens with one attached hydrogen (secondary N) is 1. The molecule has 0 bridgehead atoms. The fourth-order valence-electron chi connectivity index (χ4n) is 6.18. The van der Waals surface area contributed by atoms with Crippen LogP contribution in [0.1, 0.15) is 22.9 Å². The first kappa shape index (κ1) is 38.9. The molecule has 2 aromatic carbocycles. The van der Waals surface area contributed by atoms with Crippen molar-refractivity contribution in [1.29, 1.82) is 0 Å². The molecule has 0 radical (unpaired) electrons. The normalized spacial score (nSPS) is 15.9. The number of hydrogen-bond acceptors (Lipinski definition) is 7. The lowest BCUT2D eigenvalue weighted by Gasteiger charge is -2.40. The minimum atomic E-state index is -4.51. The van der Waals surface area contributed by atoms with Crippen LogP contribution in [0.3, 0.4) is 0 Å². The first-order valence-electron chi connectivity index (χ1n) is 16.9. The number of rotatable bonds is 8. The van der Waals surface area contributed by atoms with Gasteiger partial charge in [0.05, 0.1) is 13.2 Å². The van der Waals surface area contributed by atoms with Crippen molar-refractivity contribution in [2.45, 2.75) is 50.5 Å². The van der Waals surface area contributed by atoms with E-state index in [1.54, 1.807) is 36.4 Å². The van der Waals surface area contributed by atoms with E-state index in [-0.39, 0.29) is 18.2 Å². The number of pyridine rings is 2. The van der Waals surface area contributed by atoms with E-state index in [0.29, 0.717) is 39.0 Å². The fourth-order valence-corrected chi connectivity index (χ4v) is 6.66. The van der Waals surface area contributed by atoms with E-state index in [0.717, 1.165) is 10.9 Å². The molecular formula is C39H34F6N4O5Si. The number of halogens is 6. The van der Waals surface area contributed by atoms with Gasteiger partial charge in [-0.2, -0.15) is 26.3 Å². The maximum absolute atomic E-state index is 14.1. The Hall–Kier alpha value is -5.82. The lowest BCUT2D eigenvalue weighted by atomic mass is 9.87. The van der Waals surface area contributed by atoms with Crippen LogP contribution in [0.5, 0.6) is 11.8 Å². The van der Waals surface area contributed by atoms with E-state index < -0.39 is 57.6 Å². The number of H-pyrrole nitrogens is 1. The molecule has 1 aliphatic heterocycles. The highest BCUT2D eigenvalue weighted by Gasteiger charge is 2.44. The molecule has 0 saturated heterocycles. The Morgan fingerprint density at radius 2 is 1.36 bits per heavy atom. The smallest absolute Gasteiger partial charge is 0.422 e. The summed E-state index contributed by atoms with van der Waals surface area (Å²) in [6.07, 6.45) is -6.12. The maximum Gasteiger partial charge on any atom is 0.422 e. The Kier molecular flexibility index (Phi) is 10.7. The highest BCUT2D eigenvalue weighted by Crippen LogP contribution is 2.42. The van der Waals surface area contributed by atoms with Gasteiger partial charge in [-0.3, -0.25) is 4.79 Å². The minimum absolute atomic E-state index is 0.0946. The lowest BCUT2D eigenvalue weighted by molar-refractivity contribution is -0.154. The zero-order chi connectivity index (χ0) is 39.7. The molecule has 0 spiro atoms. The second-order valence-corrected chi connectivity index (χ2v) is 18.6. The first-order valence-corrected chi connectivity index (χ1v) is 20.4. The van der Waals surface area contributed by atoms with Gasteiger partial charge in [-0.15, -0.1) is 5.54 Å². The zero-order valence-corrected chi connectivity index (χ0v) is 30.9. The first-order chi connectivity index (χ1) is 25.9. The average Bonchev–Trinajstić information content (AvgIpc) is 3.51. The summed E-state index contributed by atoms with van der Waals surface area (Å²) < 4.78 is 90.4. The van der Waals surface area contributed by atoms with Crippen molar-refractivity contribution in [2.24, 2.45) is 0 Å². The number of aromatic amines is 1. The Labute approximate surface area is 312 Å². The molecule has 0 fully saturated rings. The molecule has 2 unspecified atom stereocenters. The van der Waals surface area contributed by atoms with Crippen molar-refractivity contribution in [2.75, 3.05) is 20.3 Å². The van der Waals surface area contributed by atoms with Crippen LogP contribution < -0.4 is 9.47 Å². The topological polar surface area (TPSA) is 107 Å². The minimum Gasteiger partial charge on any atom is -0.468 e. The molecule has 1 aliphatic rings. The van der Waals surface area contributed by atoms with Crippen LogP contribution in [0.15, 0.2) is 79.1 Å². The summed E-state index contributed by atoms with van der Waals surface area (Å²) in [5.41, 5.74) is 8.42. The summed E-state index contributed by atoms with van der Waals surface area (Å²) in [5.74, 6) is 1.23. The summed E-state index contributed by atoms with van der Waals surface area (Å²) in [4.78, 5) is 40.5. The van der Waals surface area contributed by atoms with Crippen molar-refractivity contribution in [3.63, 3.8) is 0 Å². The molecule has 3 aromatic heterocycles. The molecule has 286 valence electrons. The summed E-state index contributed by atoms with van der Waals surface area (Å²) in [6.45, 7) is 3.04. The molecule has 9 nitrogen and oxygen atoms in total. The highest BCUT2D eigenvalue weighted by molar-refractivity contribution is 6.84. The van der Waals surface area contributed by atoms with Crippen LogP contribution in [0.25, 0.3) is 33.2 Å². The van der Waals surface area contributed by atoms with Gasteiger partial charge in [0.15, 0.2) is 13.2 Å². The fraction of sp³-hybridized carbons (Fsp3) is 0.282. The molecule has 55 heavy (non-hydrogen) atoms. The van der Waals surface area contributed by atoms with E-state index in [4.69, 9.17) is 14.2 Å². The number of benzene rings is 2. The predicted molar refractivity (Wildman–Crippen MR) is 194 cm³/mol. The number of ether oxygens (including phenoxy) is 3. The third-order valence-electron chi connectivity index (χ3n) is 8.61. The zero-order valence-electron chi connectivity index (χ0n) is 29.9. The third kappa shape index (κ3) is 9.29. The molecule has 5 aromatic rings. The third-order valence-corrected chi connectivity index (χ3v) is 9.48. The van der Waals surface area contributed by atoms with Gasteiger partial charge in [-0.05, 0) is 52.4 Å². The van der Waals surface area contributed by atoms with E-state index >= 15 is 0 Å². The standard InChI is InChI=1S/C39H34F6N4O5Si/c1-52-37(51)31-18-29-28-17-25(27-11-14-33(47-20-27)54-22-39(43,44)45)9-12-30(28)48-35(29)36(49(31)34(50)15-16-55(2,3)4)24-7-5-23(6-8-24)26-10-13-32(46-19-26)53-21-38(40,41)42/h5-14,17,19-20,31,36,48H,18,21-22H2,1-4H3. The summed E-state index contributed by atoms with van der Waals surface area (Å²) in [7, 11) is -0.782. The summed E-state index contributed by atoms with van der Waals surface area (Å²) in [6, 6.07) is 16.6. The van der Waals surface area contributed by atoms with Gasteiger partial charge in [0.2, 0.25) is 11.8 Å². The molecule has 0 aliphatic carbocycles. The van der Waals surface area contributed by atoms with Crippen molar-refractivity contribution >= 4 is 30.9 Å². The second-order valence-electron chi connectivity index (χ2n) is 13.8. The summed E-state index contributed by atoms with van der Waals surface area (Å²) >= 11 is 0. The lowest BCUT2D eigenvalue weighted by Crippen LogP contribution is -2.51. The molecule has 1 N–H and O–H groups in total. The molecule has 1 amide bonds. The predicted octanol–water partition coefficient (Wildman–Crippen LogP) is 8.07. The number of carbonyl (C=O) groups excluding carboxylic acids is 2. The average molecular weight is 781 g/mol. The number of nitrogens with zero attached hydrogens (tertiary/aromatic N) is 3. The van der Waals surface area contributed by atoms with E-state index in [9.17, 15) is 35.9 Å². The number of alkyl halides is 6. The van der Waals surface area contributed by atoms with Crippen molar-refractivity contribution in [1.82, 2.24) is 19.9 Å². The van der Waals surface area contributed by atoms with Gasteiger partial charge in [0.25, 0.3) is 5.91 Å². The molecular weight excluding hydrogens is 747 g/mol. The monoisotopic (exact) mass is 780 g/mol. The number of hydrogen-bond donors (Lipinski definition) is 1. The van der Waals surface area contributed by atoms with E-state index in [2.05, 4.69) is 26.4 Å². The Balaban J connectivity index is 1.41. The van der Waals surface area contributed by atoms with Crippen LogP contribution in [0.2, 0.25) is 19.6 Å². The van der Waals surface area contributed by atoms with Crippen molar-refractivity contribution < 1.29 is 50.1 Å². The number of aromatic nitrogens is 3. The van der Waals surface area contributed by atoms with Crippen LogP contribution in [-0.2, 0) is 20.7 Å². The number of carbonyl (C=O) groups is 2. The van der Waals surface area contributed by atoms with Crippen molar-refractivity contribution in [3.8, 4) is 45.5 Å². The van der Waals surface area contributed by atoms with Gasteiger partial charge in [0.1, 0.15) is 14.1 Å². The molecule has 6 rings (SSSR count). The number of esters is 1. The highest BCUT2D eigenvalue weighted by atomic mass is 28.3. The molecule has 2 atom stereocenters. The van der Waals surface area contributed by atoms with Gasteiger partial charge < -0.3 is 24.1 Å².